The zero-order chi connectivity index (χ0) is 56.0. The molecule has 2 rings (SSSR count). The molecule has 0 aromatic heterocycles. The number of carboxylic acids is 7. The lowest BCUT2D eigenvalue weighted by atomic mass is 10.0. The predicted molar refractivity (Wildman–Crippen MR) is 260 cm³/mol. The lowest BCUT2D eigenvalue weighted by molar-refractivity contribution is -0.147. The van der Waals surface area contributed by atoms with Gasteiger partial charge < -0.3 is 72.5 Å². The Morgan fingerprint density at radius 1 is 0.453 bits per heavy atom. The molecule has 0 radical (unpaired) electrons. The molecule has 75 heavy (non-hydrogen) atoms. The number of nitrogens with zero attached hydrogens (tertiary/aromatic N) is 2. The minimum absolute atomic E-state index is 0.000350. The first kappa shape index (κ1) is 63.0. The molecule has 0 bridgehead atoms. The number of carbonyl (C=O) groups is 11. The molecule has 3 atom stereocenters. The SMILES string of the molecule is O=C(O)CC[C@H](NC(=O)N[C@@H](CCCCNC(=O)CCCCCNC(=O)CCc1ccc(O)c(CN(CCN(CC(=O)O)Cc2cc(CCC(=O)N[C@@H](CC(=O)O)C(=O)O)ccc2O)CC(=O)O)c1)C(=O)O)C(=O)O. The number of nitrogens with one attached hydrogen (secondary N) is 5. The number of rotatable bonds is 39. The summed E-state index contributed by atoms with van der Waals surface area (Å²) in [5.74, 6) is -11.0. The van der Waals surface area contributed by atoms with Crippen molar-refractivity contribution in [1.29, 1.82) is 0 Å². The van der Waals surface area contributed by atoms with Gasteiger partial charge >= 0.3 is 47.8 Å². The molecule has 2 aromatic rings. The molecule has 0 saturated carbocycles. The number of hydrogen-bond acceptors (Lipinski definition) is 15. The van der Waals surface area contributed by atoms with E-state index in [-0.39, 0.29) is 100 Å². The zero-order valence-electron chi connectivity index (χ0n) is 41.2. The molecule has 0 saturated heterocycles. The molecule has 14 N–H and O–H groups in total. The number of phenolic OH excluding ortho intramolecular Hbond substituents is 2. The van der Waals surface area contributed by atoms with Crippen LogP contribution in [0.25, 0.3) is 0 Å². The maximum Gasteiger partial charge on any atom is 0.326 e. The number of carboxylic acid groups (broad SMARTS) is 7. The van der Waals surface area contributed by atoms with Crippen molar-refractivity contribution in [3.8, 4) is 11.5 Å². The molecular formula is C48H67N7O20. The van der Waals surface area contributed by atoms with Crippen LogP contribution in [0, 0.1) is 0 Å². The van der Waals surface area contributed by atoms with Crippen molar-refractivity contribution in [1.82, 2.24) is 36.4 Å². The number of urea groups is 1. The first-order chi connectivity index (χ1) is 35.4. The quantitative estimate of drug-likeness (QED) is 0.0406. The summed E-state index contributed by atoms with van der Waals surface area (Å²) in [6.07, 6.45) is 1.06. The lowest BCUT2D eigenvalue weighted by Gasteiger charge is -2.26. The van der Waals surface area contributed by atoms with Crippen LogP contribution in [0.5, 0.6) is 11.5 Å². The van der Waals surface area contributed by atoms with Gasteiger partial charge in [0, 0.05) is 76.1 Å². The Kier molecular flexibility index (Phi) is 28.3. The average Bonchev–Trinajstić information content (AvgIpc) is 3.31. The topological polar surface area (TPSA) is 436 Å². The van der Waals surface area contributed by atoms with Gasteiger partial charge in [0.2, 0.25) is 17.7 Å². The maximum atomic E-state index is 12.7. The van der Waals surface area contributed by atoms with E-state index >= 15 is 0 Å². The molecule has 0 aliphatic heterocycles. The van der Waals surface area contributed by atoms with Gasteiger partial charge in [-0.3, -0.25) is 43.4 Å². The van der Waals surface area contributed by atoms with Gasteiger partial charge in [-0.15, -0.1) is 0 Å². The van der Waals surface area contributed by atoms with E-state index in [1.807, 2.05) is 5.32 Å². The van der Waals surface area contributed by atoms with Crippen LogP contribution in [0.2, 0.25) is 0 Å². The summed E-state index contributed by atoms with van der Waals surface area (Å²) in [4.78, 5) is 132. The van der Waals surface area contributed by atoms with E-state index in [1.54, 1.807) is 12.1 Å². The third-order valence-corrected chi connectivity index (χ3v) is 11.3. The molecular weight excluding hydrogens is 995 g/mol. The van der Waals surface area contributed by atoms with Crippen molar-refractivity contribution in [2.75, 3.05) is 39.3 Å². The molecule has 0 aliphatic rings. The average molecular weight is 1060 g/mol. The number of hydrogen-bond donors (Lipinski definition) is 14. The van der Waals surface area contributed by atoms with Crippen molar-refractivity contribution >= 4 is 65.5 Å². The molecule has 414 valence electrons. The number of aryl methyl sites for hydroxylation is 2. The largest absolute Gasteiger partial charge is 0.508 e. The smallest absolute Gasteiger partial charge is 0.326 e. The summed E-state index contributed by atoms with van der Waals surface area (Å²) >= 11 is 0. The van der Waals surface area contributed by atoms with Crippen LogP contribution < -0.4 is 26.6 Å². The Hall–Kier alpha value is -8.07. The molecule has 5 amide bonds. The minimum atomic E-state index is -1.63. The number of aliphatic carboxylic acids is 7. The first-order valence-electron chi connectivity index (χ1n) is 23.9. The highest BCUT2D eigenvalue weighted by molar-refractivity contribution is 5.87. The fourth-order valence-corrected chi connectivity index (χ4v) is 7.41. The highest BCUT2D eigenvalue weighted by atomic mass is 16.4. The van der Waals surface area contributed by atoms with Crippen LogP contribution in [-0.4, -0.2) is 179 Å². The summed E-state index contributed by atoms with van der Waals surface area (Å²) in [6.45, 7) is -0.606. The summed E-state index contributed by atoms with van der Waals surface area (Å²) in [7, 11) is 0. The number of amides is 5. The Morgan fingerprint density at radius 3 is 1.36 bits per heavy atom. The van der Waals surface area contributed by atoms with Crippen LogP contribution >= 0.6 is 0 Å². The molecule has 0 fully saturated rings. The molecule has 2 aromatic carbocycles. The van der Waals surface area contributed by atoms with Crippen LogP contribution in [-0.2, 0) is 73.9 Å². The standard InChI is InChI=1S/C48H67N7O20/c56-36-13-8-29(10-15-39(59)50-18-4-1-2-7-38(58)49-19-5-3-6-33(45(69)70)52-48(75)53-34(46(71)72)12-17-41(61)62)22-31(36)25-54(27-43(65)66)20-21-55(28-44(67)68)26-32-23-30(9-14-37(32)57)11-16-40(60)51-35(47(73)74)24-42(63)64/h8-9,13-14,22-23,33-35,56-57H,1-7,10-12,15-21,24-28H2,(H,49,58)(H,50,59)(H,51,60)(H,61,62)(H,63,64)(H,65,66)(H,67,68)(H,69,70)(H,71,72)(H,73,74)(H2,52,53,75)/t33-,34-,35-/m0/s1. The van der Waals surface area contributed by atoms with Gasteiger partial charge in [-0.05, 0) is 74.6 Å². The second-order valence-electron chi connectivity index (χ2n) is 17.5. The normalized spacial score (nSPS) is 12.2. The van der Waals surface area contributed by atoms with Crippen molar-refractivity contribution < 1.29 is 98.7 Å². The Bertz CT molecular complexity index is 2310. The minimum Gasteiger partial charge on any atom is -0.508 e. The molecule has 0 spiro atoms. The Morgan fingerprint density at radius 2 is 0.907 bits per heavy atom. The number of carbonyl (C=O) groups excluding carboxylic acids is 4. The van der Waals surface area contributed by atoms with Gasteiger partial charge in [0.05, 0.1) is 19.5 Å². The number of phenols is 2. The van der Waals surface area contributed by atoms with E-state index in [1.165, 1.54) is 34.1 Å². The Labute approximate surface area is 430 Å². The van der Waals surface area contributed by atoms with Gasteiger partial charge in [0.25, 0.3) is 0 Å². The predicted octanol–water partition coefficient (Wildman–Crippen LogP) is 0.514. The first-order valence-corrected chi connectivity index (χ1v) is 23.9. The van der Waals surface area contributed by atoms with Gasteiger partial charge in [-0.25, -0.2) is 19.2 Å². The molecule has 27 nitrogen and oxygen atoms in total. The van der Waals surface area contributed by atoms with Gasteiger partial charge in [-0.1, -0.05) is 30.7 Å². The molecule has 0 unspecified atom stereocenters. The Balaban J connectivity index is 1.81. The fraction of sp³-hybridized carbons (Fsp3) is 0.521. The van der Waals surface area contributed by atoms with E-state index in [4.69, 9.17) is 10.2 Å². The highest BCUT2D eigenvalue weighted by Crippen LogP contribution is 2.24. The van der Waals surface area contributed by atoms with Gasteiger partial charge in [0.15, 0.2) is 0 Å². The van der Waals surface area contributed by atoms with E-state index in [9.17, 15) is 88.5 Å². The molecule has 27 heteroatoms. The summed E-state index contributed by atoms with van der Waals surface area (Å²) in [5.41, 5.74) is 1.82. The lowest BCUT2D eigenvalue weighted by Crippen LogP contribution is -2.51. The van der Waals surface area contributed by atoms with Gasteiger partial charge in [-0.2, -0.15) is 0 Å². The number of aromatic hydroxyl groups is 2. The monoisotopic (exact) mass is 1060 g/mol. The summed E-state index contributed by atoms with van der Waals surface area (Å²) in [5, 5.41) is 98.1. The van der Waals surface area contributed by atoms with E-state index in [0.717, 1.165) is 0 Å². The van der Waals surface area contributed by atoms with Gasteiger partial charge in [0.1, 0.15) is 29.6 Å². The molecule has 0 aliphatic carbocycles. The van der Waals surface area contributed by atoms with Crippen molar-refractivity contribution in [3.05, 3.63) is 58.7 Å². The van der Waals surface area contributed by atoms with Crippen molar-refractivity contribution in [2.45, 2.75) is 121 Å². The van der Waals surface area contributed by atoms with E-state index < -0.39 is 104 Å². The fourth-order valence-electron chi connectivity index (χ4n) is 7.41. The van der Waals surface area contributed by atoms with Crippen LogP contribution in [0.1, 0.15) is 99.3 Å². The number of unbranched alkanes of at least 4 members (excludes halogenated alkanes) is 3. The summed E-state index contributed by atoms with van der Waals surface area (Å²) in [6, 6.07) is 3.44. The van der Waals surface area contributed by atoms with E-state index in [2.05, 4.69) is 21.3 Å². The highest BCUT2D eigenvalue weighted by Gasteiger charge is 2.26. The summed E-state index contributed by atoms with van der Waals surface area (Å²) < 4.78 is 0. The maximum absolute atomic E-state index is 12.7. The molecule has 0 heterocycles. The van der Waals surface area contributed by atoms with E-state index in [0.29, 0.717) is 55.3 Å². The zero-order valence-corrected chi connectivity index (χ0v) is 41.2. The second-order valence-corrected chi connectivity index (χ2v) is 17.5. The third kappa shape index (κ3) is 27.5. The van der Waals surface area contributed by atoms with Crippen LogP contribution in [0.3, 0.4) is 0 Å². The number of benzene rings is 2. The van der Waals surface area contributed by atoms with Crippen LogP contribution in [0.4, 0.5) is 4.79 Å². The van der Waals surface area contributed by atoms with Crippen molar-refractivity contribution in [3.63, 3.8) is 0 Å². The van der Waals surface area contributed by atoms with Crippen molar-refractivity contribution in [2.24, 2.45) is 0 Å². The van der Waals surface area contributed by atoms with Crippen LogP contribution in [0.15, 0.2) is 36.4 Å². The third-order valence-electron chi connectivity index (χ3n) is 11.3. The second kappa shape index (κ2) is 33.6.